The molecule has 0 spiro atoms. The molecular weight excluding hydrogens is 518 g/mol. The normalized spacial score (nSPS) is 19.9. The molecule has 212 valence electrons. The molecule has 1 saturated heterocycles. The van der Waals surface area contributed by atoms with Crippen molar-refractivity contribution in [3.05, 3.63) is 73.1 Å². The summed E-state index contributed by atoms with van der Waals surface area (Å²) >= 11 is 0. The first-order chi connectivity index (χ1) is 20.1. The largest absolute Gasteiger partial charge is 0.457 e. The van der Waals surface area contributed by atoms with Crippen molar-refractivity contribution in [1.82, 2.24) is 30.0 Å². The van der Waals surface area contributed by atoms with Gasteiger partial charge in [-0.1, -0.05) is 24.3 Å². The van der Waals surface area contributed by atoms with E-state index in [0.29, 0.717) is 5.82 Å². The van der Waals surface area contributed by atoms with Crippen LogP contribution < -0.4 is 15.8 Å². The summed E-state index contributed by atoms with van der Waals surface area (Å²) in [6.07, 6.45) is 8.59. The van der Waals surface area contributed by atoms with E-state index in [1.54, 1.807) is 6.08 Å². The van der Waals surface area contributed by atoms with Crippen molar-refractivity contribution in [2.75, 3.05) is 38.6 Å². The third-order valence-corrected chi connectivity index (χ3v) is 7.75. The average molecular weight is 554 g/mol. The zero-order valence-electron chi connectivity index (χ0n) is 23.0. The molecular formula is C31H35N7O3. The van der Waals surface area contributed by atoms with Gasteiger partial charge in [-0.2, -0.15) is 5.10 Å². The number of carbonyl (C=O) groups excluding carboxylic acids is 1. The summed E-state index contributed by atoms with van der Waals surface area (Å²) in [5.41, 5.74) is 8.75. The highest BCUT2D eigenvalue weighted by atomic mass is 16.5. The van der Waals surface area contributed by atoms with Gasteiger partial charge in [-0.15, -0.1) is 0 Å². The second-order valence-electron chi connectivity index (χ2n) is 10.5. The molecule has 4 aromatic rings. The molecule has 3 heterocycles. The summed E-state index contributed by atoms with van der Waals surface area (Å²) < 4.78 is 13.3. The molecule has 1 aliphatic carbocycles. The number of hydrogen-bond acceptors (Lipinski definition) is 8. The van der Waals surface area contributed by atoms with Gasteiger partial charge in [0.25, 0.3) is 0 Å². The van der Waals surface area contributed by atoms with E-state index in [-0.39, 0.29) is 18.0 Å². The van der Waals surface area contributed by atoms with E-state index >= 15 is 0 Å². The van der Waals surface area contributed by atoms with Crippen LogP contribution in [0.25, 0.3) is 22.3 Å². The molecule has 0 bridgehead atoms. The number of benzene rings is 2. The van der Waals surface area contributed by atoms with Gasteiger partial charge < -0.3 is 20.5 Å². The van der Waals surface area contributed by atoms with Crippen LogP contribution in [-0.2, 0) is 9.53 Å². The van der Waals surface area contributed by atoms with Crippen molar-refractivity contribution in [2.24, 2.45) is 0 Å². The van der Waals surface area contributed by atoms with E-state index in [4.69, 9.17) is 20.3 Å². The summed E-state index contributed by atoms with van der Waals surface area (Å²) in [5, 5.41) is 8.94. The Labute approximate surface area is 239 Å². The van der Waals surface area contributed by atoms with Crippen LogP contribution in [-0.4, -0.2) is 69.4 Å². The smallest absolute Gasteiger partial charge is 0.243 e. The zero-order chi connectivity index (χ0) is 28.0. The standard InChI is InChI=1S/C31H35N7O3/c32-30-28-29(22-8-14-26(15-9-22)41-25-5-2-1-3-6-25)36-38(31(28)34-21-33-30)24-12-10-23(11-13-24)35-27(39)7-4-16-37-17-19-40-20-18-37/h1-9,14-15,21,23-24H,10-13,16-20H2,(H,35,39)(H2,32,33,34)/b7-4+/t23-,24-. The number of rotatable bonds is 8. The van der Waals surface area contributed by atoms with Gasteiger partial charge in [0.2, 0.25) is 5.91 Å². The van der Waals surface area contributed by atoms with Gasteiger partial charge in [-0.25, -0.2) is 14.6 Å². The van der Waals surface area contributed by atoms with E-state index in [0.717, 1.165) is 92.3 Å². The molecule has 1 aliphatic heterocycles. The number of nitrogens with two attached hydrogens (primary N) is 1. The van der Waals surface area contributed by atoms with Crippen LogP contribution in [0.5, 0.6) is 11.5 Å². The van der Waals surface area contributed by atoms with Crippen LogP contribution in [0.15, 0.2) is 73.1 Å². The first kappa shape index (κ1) is 26.9. The monoisotopic (exact) mass is 553 g/mol. The average Bonchev–Trinajstić information content (AvgIpc) is 3.40. The molecule has 0 unspecified atom stereocenters. The van der Waals surface area contributed by atoms with E-state index in [1.807, 2.05) is 65.4 Å². The van der Waals surface area contributed by atoms with E-state index < -0.39 is 0 Å². The topological polar surface area (TPSA) is 120 Å². The molecule has 10 heteroatoms. The van der Waals surface area contributed by atoms with Crippen LogP contribution >= 0.6 is 0 Å². The maximum atomic E-state index is 12.5. The predicted molar refractivity (Wildman–Crippen MR) is 158 cm³/mol. The number of nitrogens with zero attached hydrogens (tertiary/aromatic N) is 5. The number of nitrogens with one attached hydrogen (secondary N) is 1. The summed E-state index contributed by atoms with van der Waals surface area (Å²) in [6.45, 7) is 4.09. The van der Waals surface area contributed by atoms with Gasteiger partial charge in [0.1, 0.15) is 29.3 Å². The summed E-state index contributed by atoms with van der Waals surface area (Å²) in [6, 6.07) is 17.8. The van der Waals surface area contributed by atoms with E-state index in [1.165, 1.54) is 6.33 Å². The highest BCUT2D eigenvalue weighted by molar-refractivity contribution is 5.98. The number of anilines is 1. The minimum absolute atomic E-state index is 0.0336. The van der Waals surface area contributed by atoms with Crippen LogP contribution in [0.1, 0.15) is 31.7 Å². The fraction of sp³-hybridized carbons (Fsp3) is 0.355. The van der Waals surface area contributed by atoms with E-state index in [2.05, 4.69) is 20.2 Å². The Hall–Kier alpha value is -4.28. The number of hydrogen-bond donors (Lipinski definition) is 2. The fourth-order valence-corrected chi connectivity index (χ4v) is 5.56. The minimum Gasteiger partial charge on any atom is -0.457 e. The highest BCUT2D eigenvalue weighted by Gasteiger charge is 2.27. The maximum absolute atomic E-state index is 12.5. The van der Waals surface area contributed by atoms with Gasteiger partial charge in [-0.05, 0) is 62.1 Å². The van der Waals surface area contributed by atoms with Crippen molar-refractivity contribution in [1.29, 1.82) is 0 Å². The van der Waals surface area contributed by atoms with Crippen molar-refractivity contribution in [3.63, 3.8) is 0 Å². The number of carbonyl (C=O) groups is 1. The lowest BCUT2D eigenvalue weighted by atomic mass is 9.91. The molecule has 2 aliphatic rings. The maximum Gasteiger partial charge on any atom is 0.243 e. The Morgan fingerprint density at radius 3 is 2.49 bits per heavy atom. The third kappa shape index (κ3) is 6.39. The first-order valence-corrected chi connectivity index (χ1v) is 14.2. The number of fused-ring (bicyclic) bond motifs is 1. The molecule has 2 aromatic carbocycles. The molecule has 41 heavy (non-hydrogen) atoms. The lowest BCUT2D eigenvalue weighted by Crippen LogP contribution is -2.38. The van der Waals surface area contributed by atoms with Crippen molar-refractivity contribution >= 4 is 22.8 Å². The molecule has 6 rings (SSSR count). The molecule has 0 atom stereocenters. The zero-order valence-corrected chi connectivity index (χ0v) is 23.0. The number of amides is 1. The van der Waals surface area contributed by atoms with Crippen molar-refractivity contribution in [2.45, 2.75) is 37.8 Å². The third-order valence-electron chi connectivity index (χ3n) is 7.75. The number of aromatic nitrogens is 4. The molecule has 10 nitrogen and oxygen atoms in total. The van der Waals surface area contributed by atoms with Crippen molar-refractivity contribution < 1.29 is 14.3 Å². The van der Waals surface area contributed by atoms with Gasteiger partial charge in [0.15, 0.2) is 5.65 Å². The number of para-hydroxylation sites is 1. The Morgan fingerprint density at radius 2 is 1.73 bits per heavy atom. The lowest BCUT2D eigenvalue weighted by molar-refractivity contribution is -0.117. The molecule has 2 aromatic heterocycles. The Bertz CT molecular complexity index is 1490. The molecule has 1 saturated carbocycles. The van der Waals surface area contributed by atoms with Crippen molar-refractivity contribution in [3.8, 4) is 22.8 Å². The summed E-state index contributed by atoms with van der Waals surface area (Å²) in [7, 11) is 0. The van der Waals surface area contributed by atoms with Crippen LogP contribution in [0.2, 0.25) is 0 Å². The Kier molecular flexibility index (Phi) is 8.20. The predicted octanol–water partition coefficient (Wildman–Crippen LogP) is 4.36. The summed E-state index contributed by atoms with van der Waals surface area (Å²) in [5.74, 6) is 1.90. The molecule has 2 fully saturated rings. The SMILES string of the molecule is Nc1ncnc2c1c(-c1ccc(Oc3ccccc3)cc1)nn2[C@H]1CC[C@H](NC(=O)/C=C/CN2CCOCC2)CC1. The van der Waals surface area contributed by atoms with Crippen LogP contribution in [0.3, 0.4) is 0 Å². The fourth-order valence-electron chi connectivity index (χ4n) is 5.56. The number of ether oxygens (including phenoxy) is 2. The highest BCUT2D eigenvalue weighted by Crippen LogP contribution is 2.36. The number of morpholine rings is 1. The Morgan fingerprint density at radius 1 is 1.00 bits per heavy atom. The van der Waals surface area contributed by atoms with Gasteiger partial charge in [-0.3, -0.25) is 9.69 Å². The second-order valence-corrected chi connectivity index (χ2v) is 10.5. The molecule has 0 radical (unpaired) electrons. The van der Waals surface area contributed by atoms with Gasteiger partial charge in [0.05, 0.1) is 24.6 Å². The molecule has 3 N–H and O–H groups in total. The number of nitrogen functional groups attached to an aromatic ring is 1. The van der Waals surface area contributed by atoms with Gasteiger partial charge in [0, 0.05) is 37.3 Å². The van der Waals surface area contributed by atoms with Crippen LogP contribution in [0.4, 0.5) is 5.82 Å². The van der Waals surface area contributed by atoms with Crippen LogP contribution in [0, 0.1) is 0 Å². The second kappa shape index (κ2) is 12.5. The first-order valence-electron chi connectivity index (χ1n) is 14.2. The van der Waals surface area contributed by atoms with Gasteiger partial charge >= 0.3 is 0 Å². The van der Waals surface area contributed by atoms with E-state index in [9.17, 15) is 4.79 Å². The minimum atomic E-state index is -0.0336. The Balaban J connectivity index is 1.11. The molecule has 1 amide bonds. The summed E-state index contributed by atoms with van der Waals surface area (Å²) in [4.78, 5) is 23.6. The lowest BCUT2D eigenvalue weighted by Gasteiger charge is -2.29. The quantitative estimate of drug-likeness (QED) is 0.309.